The van der Waals surface area contributed by atoms with E-state index in [9.17, 15) is 4.79 Å². The molecule has 1 aliphatic rings. The number of piperidine rings is 1. The van der Waals surface area contributed by atoms with Crippen LogP contribution in [0.1, 0.15) is 25.7 Å². The summed E-state index contributed by atoms with van der Waals surface area (Å²) in [5.41, 5.74) is 2.02. The minimum Gasteiger partial charge on any atom is -0.398 e. The molecule has 0 atom stereocenters. The smallest absolute Gasteiger partial charge is 0.375 e. The maximum Gasteiger partial charge on any atom is 0.375 e. The van der Waals surface area contributed by atoms with Crippen molar-refractivity contribution in [1.82, 2.24) is 10.2 Å². The van der Waals surface area contributed by atoms with Crippen LogP contribution in [-0.4, -0.2) is 29.9 Å². The highest BCUT2D eigenvalue weighted by Crippen LogP contribution is 2.16. The normalized spacial score (nSPS) is 16.0. The fraction of sp³-hybridized carbons (Fsp3) is 0.368. The van der Waals surface area contributed by atoms with Crippen molar-refractivity contribution in [2.75, 3.05) is 13.1 Å². The number of hydrogen-bond donors (Lipinski definition) is 1. The van der Waals surface area contributed by atoms with Gasteiger partial charge in [-0.3, -0.25) is 4.79 Å². The maximum absolute atomic E-state index is 11.4. The highest BCUT2D eigenvalue weighted by atomic mass is 16.3. The van der Waals surface area contributed by atoms with Gasteiger partial charge >= 0.3 is 5.89 Å². The fourth-order valence-electron chi connectivity index (χ4n) is 3.13. The molecule has 5 heteroatoms. The SMILES string of the molecule is C=CC(=O)NC1CCN(C=Cc2oc3ccccc3[n+]2CC)CC1. The molecule has 0 unspecified atom stereocenters. The Labute approximate surface area is 142 Å². The Bertz CT molecular complexity index is 755. The van der Waals surface area contributed by atoms with Crippen LogP contribution in [0.25, 0.3) is 17.2 Å². The number of carbonyl (C=O) groups excluding carboxylic acids is 1. The maximum atomic E-state index is 11.4. The second-order valence-corrected chi connectivity index (χ2v) is 5.99. The topological polar surface area (TPSA) is 49.4 Å². The number of nitrogens with zero attached hydrogens (tertiary/aromatic N) is 2. The van der Waals surface area contributed by atoms with Gasteiger partial charge in [-0.05, 0) is 31.9 Å². The highest BCUT2D eigenvalue weighted by Gasteiger charge is 2.20. The van der Waals surface area contributed by atoms with Gasteiger partial charge in [0.05, 0.1) is 6.08 Å². The molecular formula is C19H24N3O2+. The first-order chi connectivity index (χ1) is 11.7. The number of fused-ring (bicyclic) bond motifs is 1. The minimum absolute atomic E-state index is 0.0877. The fourth-order valence-corrected chi connectivity index (χ4v) is 3.13. The molecule has 1 aromatic carbocycles. The monoisotopic (exact) mass is 326 g/mol. The summed E-state index contributed by atoms with van der Waals surface area (Å²) < 4.78 is 8.12. The average molecular weight is 326 g/mol. The zero-order valence-electron chi connectivity index (χ0n) is 14.1. The van der Waals surface area contributed by atoms with Crippen LogP contribution >= 0.6 is 0 Å². The van der Waals surface area contributed by atoms with Crippen molar-refractivity contribution in [3.8, 4) is 0 Å². The predicted octanol–water partition coefficient (Wildman–Crippen LogP) is 2.48. The molecule has 2 heterocycles. The van der Waals surface area contributed by atoms with Crippen molar-refractivity contribution in [2.24, 2.45) is 0 Å². The van der Waals surface area contributed by atoms with Gasteiger partial charge in [-0.2, -0.15) is 4.57 Å². The van der Waals surface area contributed by atoms with Gasteiger partial charge in [-0.25, -0.2) is 0 Å². The number of amides is 1. The lowest BCUT2D eigenvalue weighted by Crippen LogP contribution is -2.42. The summed E-state index contributed by atoms with van der Waals surface area (Å²) >= 11 is 0. The number of aryl methyl sites for hydroxylation is 1. The Morgan fingerprint density at radius 3 is 2.88 bits per heavy atom. The van der Waals surface area contributed by atoms with E-state index in [0.29, 0.717) is 0 Å². The second kappa shape index (κ2) is 7.34. The number of para-hydroxylation sites is 2. The first kappa shape index (κ1) is 16.3. The standard InChI is InChI=1S/C19H23N3O2/c1-3-18(23)20-15-9-12-21(13-10-15)14-11-19-22(4-2)16-7-5-6-8-17(16)24-19/h3,5-8,11,14-15H,1,4,9-10,12-13H2,2H3/p+1. The third kappa shape index (κ3) is 3.50. The molecular weight excluding hydrogens is 302 g/mol. The van der Waals surface area contributed by atoms with Crippen LogP contribution in [0, 0.1) is 0 Å². The quantitative estimate of drug-likeness (QED) is 0.678. The van der Waals surface area contributed by atoms with Crippen LogP contribution in [0.4, 0.5) is 0 Å². The van der Waals surface area contributed by atoms with Crippen molar-refractivity contribution in [2.45, 2.75) is 32.4 Å². The lowest BCUT2D eigenvalue weighted by atomic mass is 10.1. The van der Waals surface area contributed by atoms with E-state index < -0.39 is 0 Å². The molecule has 0 radical (unpaired) electrons. The summed E-state index contributed by atoms with van der Waals surface area (Å²) in [7, 11) is 0. The molecule has 0 aliphatic carbocycles. The summed E-state index contributed by atoms with van der Waals surface area (Å²) in [6.45, 7) is 8.32. The van der Waals surface area contributed by atoms with E-state index in [4.69, 9.17) is 4.42 Å². The third-order valence-electron chi connectivity index (χ3n) is 4.44. The highest BCUT2D eigenvalue weighted by molar-refractivity contribution is 5.87. The van der Waals surface area contributed by atoms with Crippen LogP contribution in [0.2, 0.25) is 0 Å². The van der Waals surface area contributed by atoms with Crippen molar-refractivity contribution < 1.29 is 13.8 Å². The van der Waals surface area contributed by atoms with E-state index in [1.54, 1.807) is 0 Å². The molecule has 5 nitrogen and oxygen atoms in total. The van der Waals surface area contributed by atoms with Gasteiger partial charge in [0.15, 0.2) is 0 Å². The molecule has 1 aromatic heterocycles. The Kier molecular flexibility index (Phi) is 4.99. The lowest BCUT2D eigenvalue weighted by molar-refractivity contribution is -0.674. The van der Waals surface area contributed by atoms with Gasteiger partial charge in [0.1, 0.15) is 6.54 Å². The molecule has 3 rings (SSSR count). The van der Waals surface area contributed by atoms with Crippen LogP contribution in [-0.2, 0) is 11.3 Å². The molecule has 24 heavy (non-hydrogen) atoms. The molecule has 0 bridgehead atoms. The number of carbonyl (C=O) groups is 1. The van der Waals surface area contributed by atoms with Gasteiger partial charge in [0.2, 0.25) is 11.5 Å². The molecule has 0 spiro atoms. The summed E-state index contributed by atoms with van der Waals surface area (Å²) in [5, 5.41) is 2.97. The zero-order valence-corrected chi connectivity index (χ0v) is 14.1. The molecule has 1 aliphatic heterocycles. The zero-order chi connectivity index (χ0) is 16.9. The van der Waals surface area contributed by atoms with Crippen molar-refractivity contribution >= 4 is 23.1 Å². The number of likely N-dealkylation sites (tertiary alicyclic amines) is 1. The molecule has 1 fully saturated rings. The Morgan fingerprint density at radius 2 is 2.17 bits per heavy atom. The van der Waals surface area contributed by atoms with Gasteiger partial charge in [0, 0.05) is 31.4 Å². The Balaban J connectivity index is 1.65. The summed E-state index contributed by atoms with van der Waals surface area (Å²) in [6.07, 6.45) is 7.34. The van der Waals surface area contributed by atoms with Gasteiger partial charge in [-0.15, -0.1) is 0 Å². The van der Waals surface area contributed by atoms with E-state index in [-0.39, 0.29) is 11.9 Å². The molecule has 1 amide bonds. The first-order valence-electron chi connectivity index (χ1n) is 8.48. The number of oxazole rings is 1. The van der Waals surface area contributed by atoms with Crippen LogP contribution < -0.4 is 9.88 Å². The van der Waals surface area contributed by atoms with E-state index in [1.807, 2.05) is 24.3 Å². The van der Waals surface area contributed by atoms with Crippen molar-refractivity contribution in [3.63, 3.8) is 0 Å². The molecule has 1 saturated heterocycles. The summed E-state index contributed by atoms with van der Waals surface area (Å²) in [5.74, 6) is 0.774. The number of aromatic nitrogens is 1. The van der Waals surface area contributed by atoms with Crippen molar-refractivity contribution in [3.05, 3.63) is 49.0 Å². The number of hydrogen-bond acceptors (Lipinski definition) is 3. The molecule has 126 valence electrons. The molecule has 2 aromatic rings. The Morgan fingerprint density at radius 1 is 1.42 bits per heavy atom. The number of rotatable bonds is 5. The first-order valence-corrected chi connectivity index (χ1v) is 8.48. The van der Waals surface area contributed by atoms with E-state index in [2.05, 4.69) is 40.6 Å². The third-order valence-corrected chi connectivity index (χ3v) is 4.44. The van der Waals surface area contributed by atoms with Gasteiger partial charge in [-0.1, -0.05) is 18.7 Å². The van der Waals surface area contributed by atoms with Crippen LogP contribution in [0.5, 0.6) is 0 Å². The largest absolute Gasteiger partial charge is 0.398 e. The summed E-state index contributed by atoms with van der Waals surface area (Å²) in [6, 6.07) is 8.33. The van der Waals surface area contributed by atoms with Gasteiger partial charge < -0.3 is 14.6 Å². The van der Waals surface area contributed by atoms with E-state index >= 15 is 0 Å². The average Bonchev–Trinajstić information content (AvgIpc) is 2.98. The van der Waals surface area contributed by atoms with Gasteiger partial charge in [0.25, 0.3) is 5.52 Å². The second-order valence-electron chi connectivity index (χ2n) is 5.99. The Hall–Kier alpha value is -2.56. The van der Waals surface area contributed by atoms with E-state index in [0.717, 1.165) is 49.5 Å². The lowest BCUT2D eigenvalue weighted by Gasteiger charge is -2.31. The summed E-state index contributed by atoms with van der Waals surface area (Å²) in [4.78, 5) is 13.6. The number of nitrogens with one attached hydrogen (secondary N) is 1. The van der Waals surface area contributed by atoms with Crippen LogP contribution in [0.3, 0.4) is 0 Å². The van der Waals surface area contributed by atoms with Crippen LogP contribution in [0.15, 0.2) is 47.5 Å². The van der Waals surface area contributed by atoms with Crippen molar-refractivity contribution in [1.29, 1.82) is 0 Å². The van der Waals surface area contributed by atoms with E-state index in [1.165, 1.54) is 6.08 Å². The number of benzene rings is 1. The molecule has 0 saturated carbocycles. The predicted molar refractivity (Wildman–Crippen MR) is 94.1 cm³/mol. The molecule has 1 N–H and O–H groups in total. The minimum atomic E-state index is -0.0877.